The first-order valence-electron chi connectivity index (χ1n) is 4.19. The highest BCUT2D eigenvalue weighted by molar-refractivity contribution is 5.93. The SMILES string of the molecule is CC#CC(=O)N1CCNC(C)C1. The van der Waals surface area contributed by atoms with Crippen LogP contribution in [0.1, 0.15) is 13.8 Å². The van der Waals surface area contributed by atoms with E-state index in [-0.39, 0.29) is 5.91 Å². The second-order valence-electron chi connectivity index (χ2n) is 2.98. The summed E-state index contributed by atoms with van der Waals surface area (Å²) < 4.78 is 0. The Morgan fingerprint density at radius 1 is 1.67 bits per heavy atom. The molecule has 0 aromatic heterocycles. The molecule has 1 saturated heterocycles. The van der Waals surface area contributed by atoms with E-state index in [4.69, 9.17) is 0 Å². The highest BCUT2D eigenvalue weighted by Crippen LogP contribution is 1.97. The summed E-state index contributed by atoms with van der Waals surface area (Å²) in [7, 11) is 0. The number of nitrogens with one attached hydrogen (secondary N) is 1. The zero-order valence-electron chi connectivity index (χ0n) is 7.55. The molecule has 12 heavy (non-hydrogen) atoms. The maximum absolute atomic E-state index is 11.3. The lowest BCUT2D eigenvalue weighted by atomic mass is 10.2. The van der Waals surface area contributed by atoms with E-state index in [0.717, 1.165) is 19.6 Å². The van der Waals surface area contributed by atoms with E-state index in [1.165, 1.54) is 0 Å². The van der Waals surface area contributed by atoms with Crippen LogP contribution in [-0.2, 0) is 4.79 Å². The molecule has 0 aliphatic carbocycles. The number of rotatable bonds is 0. The molecule has 1 fully saturated rings. The average molecular weight is 166 g/mol. The van der Waals surface area contributed by atoms with Crippen LogP contribution in [0.15, 0.2) is 0 Å². The van der Waals surface area contributed by atoms with Gasteiger partial charge in [-0.05, 0) is 19.8 Å². The Kier molecular flexibility index (Phi) is 3.12. The second kappa shape index (κ2) is 4.13. The molecular weight excluding hydrogens is 152 g/mol. The topological polar surface area (TPSA) is 32.3 Å². The van der Waals surface area contributed by atoms with Crippen molar-refractivity contribution in [3.05, 3.63) is 0 Å². The van der Waals surface area contributed by atoms with Gasteiger partial charge in [0.25, 0.3) is 5.91 Å². The van der Waals surface area contributed by atoms with Crippen molar-refractivity contribution >= 4 is 5.91 Å². The lowest BCUT2D eigenvalue weighted by Gasteiger charge is -2.30. The monoisotopic (exact) mass is 166 g/mol. The van der Waals surface area contributed by atoms with Gasteiger partial charge in [0.15, 0.2) is 0 Å². The summed E-state index contributed by atoms with van der Waals surface area (Å²) >= 11 is 0. The summed E-state index contributed by atoms with van der Waals surface area (Å²) in [5.41, 5.74) is 0. The van der Waals surface area contributed by atoms with Crippen LogP contribution in [0.25, 0.3) is 0 Å². The Hall–Kier alpha value is -1.01. The maximum atomic E-state index is 11.3. The molecule has 3 nitrogen and oxygen atoms in total. The molecular formula is C9H14N2O. The van der Waals surface area contributed by atoms with Gasteiger partial charge >= 0.3 is 0 Å². The molecule has 0 bridgehead atoms. The Labute approximate surface area is 73.1 Å². The summed E-state index contributed by atoms with van der Waals surface area (Å²) in [6.45, 7) is 6.17. The van der Waals surface area contributed by atoms with Gasteiger partial charge in [0, 0.05) is 25.7 Å². The molecule has 1 unspecified atom stereocenters. The van der Waals surface area contributed by atoms with Gasteiger partial charge in [-0.25, -0.2) is 0 Å². The molecule has 0 spiro atoms. The summed E-state index contributed by atoms with van der Waals surface area (Å²) in [4.78, 5) is 13.1. The van der Waals surface area contributed by atoms with Crippen LogP contribution < -0.4 is 5.32 Å². The maximum Gasteiger partial charge on any atom is 0.298 e. The van der Waals surface area contributed by atoms with E-state index in [0.29, 0.717) is 6.04 Å². The molecule has 0 aromatic rings. The first kappa shape index (κ1) is 9.08. The predicted molar refractivity (Wildman–Crippen MR) is 47.5 cm³/mol. The fourth-order valence-electron chi connectivity index (χ4n) is 1.30. The molecule has 1 atom stereocenters. The molecule has 1 rings (SSSR count). The first-order chi connectivity index (χ1) is 5.74. The molecule has 1 aliphatic heterocycles. The Bertz CT molecular complexity index is 226. The van der Waals surface area contributed by atoms with Crippen molar-refractivity contribution in [3.63, 3.8) is 0 Å². The van der Waals surface area contributed by atoms with Crippen LogP contribution in [0.3, 0.4) is 0 Å². The highest BCUT2D eigenvalue weighted by Gasteiger charge is 2.18. The highest BCUT2D eigenvalue weighted by atomic mass is 16.2. The fraction of sp³-hybridized carbons (Fsp3) is 0.667. The van der Waals surface area contributed by atoms with Crippen LogP contribution in [-0.4, -0.2) is 36.5 Å². The molecule has 1 heterocycles. The lowest BCUT2D eigenvalue weighted by Crippen LogP contribution is -2.51. The minimum absolute atomic E-state index is 0.0501. The summed E-state index contributed by atoms with van der Waals surface area (Å²) in [5, 5.41) is 3.27. The quantitative estimate of drug-likeness (QED) is 0.507. The molecule has 0 radical (unpaired) electrons. The molecule has 3 heteroatoms. The number of hydrogen-bond donors (Lipinski definition) is 1. The van der Waals surface area contributed by atoms with E-state index in [9.17, 15) is 4.79 Å². The van der Waals surface area contributed by atoms with Crippen molar-refractivity contribution in [1.29, 1.82) is 0 Å². The van der Waals surface area contributed by atoms with Crippen LogP contribution in [0.5, 0.6) is 0 Å². The van der Waals surface area contributed by atoms with Gasteiger partial charge in [-0.3, -0.25) is 4.79 Å². The summed E-state index contributed by atoms with van der Waals surface area (Å²) in [5.74, 6) is 5.11. The number of nitrogens with zero attached hydrogens (tertiary/aromatic N) is 1. The van der Waals surface area contributed by atoms with Crippen molar-refractivity contribution in [2.75, 3.05) is 19.6 Å². The Balaban J connectivity index is 2.49. The number of piperazine rings is 1. The van der Waals surface area contributed by atoms with Crippen molar-refractivity contribution in [2.45, 2.75) is 19.9 Å². The number of carbonyl (C=O) groups excluding carboxylic acids is 1. The molecule has 0 saturated carbocycles. The van der Waals surface area contributed by atoms with E-state index in [2.05, 4.69) is 24.1 Å². The number of amides is 1. The summed E-state index contributed by atoms with van der Waals surface area (Å²) in [6.07, 6.45) is 0. The Morgan fingerprint density at radius 2 is 2.42 bits per heavy atom. The van der Waals surface area contributed by atoms with Crippen LogP contribution in [0.4, 0.5) is 0 Å². The third-order valence-electron chi connectivity index (χ3n) is 1.89. The average Bonchev–Trinajstić information content (AvgIpc) is 2.05. The van der Waals surface area contributed by atoms with Crippen molar-refractivity contribution in [1.82, 2.24) is 10.2 Å². The zero-order chi connectivity index (χ0) is 8.97. The van der Waals surface area contributed by atoms with Crippen LogP contribution >= 0.6 is 0 Å². The Morgan fingerprint density at radius 3 is 3.00 bits per heavy atom. The van der Waals surface area contributed by atoms with Crippen molar-refractivity contribution < 1.29 is 4.79 Å². The van der Waals surface area contributed by atoms with E-state index < -0.39 is 0 Å². The lowest BCUT2D eigenvalue weighted by molar-refractivity contribution is -0.126. The number of hydrogen-bond acceptors (Lipinski definition) is 2. The second-order valence-corrected chi connectivity index (χ2v) is 2.98. The first-order valence-corrected chi connectivity index (χ1v) is 4.19. The smallest absolute Gasteiger partial charge is 0.298 e. The van der Waals surface area contributed by atoms with Crippen molar-refractivity contribution in [2.24, 2.45) is 0 Å². The largest absolute Gasteiger partial charge is 0.329 e. The van der Waals surface area contributed by atoms with Gasteiger partial charge in [-0.2, -0.15) is 0 Å². The van der Waals surface area contributed by atoms with Crippen molar-refractivity contribution in [3.8, 4) is 11.8 Å². The summed E-state index contributed by atoms with van der Waals surface area (Å²) in [6, 6.07) is 0.390. The molecule has 1 amide bonds. The van der Waals surface area contributed by atoms with Gasteiger partial charge in [-0.1, -0.05) is 5.92 Å². The third kappa shape index (κ3) is 2.24. The van der Waals surface area contributed by atoms with Crippen LogP contribution in [0, 0.1) is 11.8 Å². The van der Waals surface area contributed by atoms with Gasteiger partial charge in [0.1, 0.15) is 0 Å². The van der Waals surface area contributed by atoms with Crippen LogP contribution in [0.2, 0.25) is 0 Å². The van der Waals surface area contributed by atoms with E-state index in [1.807, 2.05) is 0 Å². The molecule has 1 aliphatic rings. The minimum Gasteiger partial charge on any atom is -0.329 e. The van der Waals surface area contributed by atoms with Gasteiger partial charge in [-0.15, -0.1) is 0 Å². The van der Waals surface area contributed by atoms with E-state index >= 15 is 0 Å². The number of carbonyl (C=O) groups is 1. The van der Waals surface area contributed by atoms with Gasteiger partial charge in [0.2, 0.25) is 0 Å². The predicted octanol–water partition coefficient (Wildman–Crippen LogP) is -0.170. The molecule has 66 valence electrons. The molecule has 0 aromatic carbocycles. The standard InChI is InChI=1S/C9H14N2O/c1-3-4-9(12)11-6-5-10-8(2)7-11/h8,10H,5-7H2,1-2H3. The van der Waals surface area contributed by atoms with Gasteiger partial charge < -0.3 is 10.2 Å². The van der Waals surface area contributed by atoms with E-state index in [1.54, 1.807) is 11.8 Å². The third-order valence-corrected chi connectivity index (χ3v) is 1.89. The fourth-order valence-corrected chi connectivity index (χ4v) is 1.30. The zero-order valence-corrected chi connectivity index (χ0v) is 7.55. The van der Waals surface area contributed by atoms with Gasteiger partial charge in [0.05, 0.1) is 0 Å². The normalized spacial score (nSPS) is 22.8. The molecule has 1 N–H and O–H groups in total. The minimum atomic E-state index is -0.0501.